The lowest BCUT2D eigenvalue weighted by atomic mass is 10.1. The molecule has 0 aliphatic carbocycles. The zero-order chi connectivity index (χ0) is 15.1. The average molecular weight is 288 g/mol. The van der Waals surface area contributed by atoms with E-state index in [1.165, 1.54) is 29.3 Å². The van der Waals surface area contributed by atoms with Crippen LogP contribution < -0.4 is 5.32 Å². The molecule has 3 heteroatoms. The van der Waals surface area contributed by atoms with Gasteiger partial charge in [-0.1, -0.05) is 25.1 Å². The molecule has 2 rings (SSSR count). The third-order valence-electron chi connectivity index (χ3n) is 3.95. The number of hydrogen-bond donors (Lipinski definition) is 1. The second-order valence-corrected chi connectivity index (χ2v) is 5.72. The lowest BCUT2D eigenvalue weighted by Gasteiger charge is -2.11. The predicted octanol–water partition coefficient (Wildman–Crippen LogP) is 3.61. The van der Waals surface area contributed by atoms with E-state index in [1.54, 1.807) is 7.11 Å². The van der Waals surface area contributed by atoms with Crippen LogP contribution in [0.5, 0.6) is 0 Å². The summed E-state index contributed by atoms with van der Waals surface area (Å²) in [6, 6.07) is 8.68. The van der Waals surface area contributed by atoms with Crippen LogP contribution in [0.2, 0.25) is 0 Å². The van der Waals surface area contributed by atoms with Gasteiger partial charge >= 0.3 is 0 Å². The maximum atomic E-state index is 5.41. The highest BCUT2D eigenvalue weighted by Gasteiger charge is 2.10. The molecule has 1 N–H and O–H groups in total. The smallest absolute Gasteiger partial charge is 0.0722 e. The fourth-order valence-corrected chi connectivity index (χ4v) is 2.73. The van der Waals surface area contributed by atoms with Crippen molar-refractivity contribution in [2.45, 2.75) is 45.8 Å². The number of aryl methyl sites for hydroxylation is 1. The van der Waals surface area contributed by atoms with Gasteiger partial charge in [0, 0.05) is 30.8 Å². The van der Waals surface area contributed by atoms with Gasteiger partial charge in [0.1, 0.15) is 0 Å². The number of para-hydroxylation sites is 1. The third-order valence-corrected chi connectivity index (χ3v) is 3.95. The van der Waals surface area contributed by atoms with Crippen molar-refractivity contribution in [2.75, 3.05) is 20.2 Å². The number of rotatable bonds is 9. The first kappa shape index (κ1) is 16.1. The number of hydrogen-bond acceptors (Lipinski definition) is 2. The molecule has 1 aromatic heterocycles. The van der Waals surface area contributed by atoms with E-state index in [0.717, 1.165) is 26.1 Å². The highest BCUT2D eigenvalue weighted by atomic mass is 16.5. The highest BCUT2D eigenvalue weighted by molar-refractivity contribution is 5.84. The van der Waals surface area contributed by atoms with Crippen LogP contribution in [-0.2, 0) is 17.7 Å². The minimum atomic E-state index is 0.236. The summed E-state index contributed by atoms with van der Waals surface area (Å²) in [7, 11) is 1.77. The number of nitrogens with one attached hydrogen (secondary N) is 1. The van der Waals surface area contributed by atoms with Gasteiger partial charge < -0.3 is 14.6 Å². The Morgan fingerprint density at radius 3 is 2.81 bits per heavy atom. The van der Waals surface area contributed by atoms with Gasteiger partial charge in [-0.3, -0.25) is 0 Å². The van der Waals surface area contributed by atoms with Gasteiger partial charge in [-0.2, -0.15) is 0 Å². The van der Waals surface area contributed by atoms with E-state index in [0.29, 0.717) is 0 Å². The molecule has 0 aliphatic heterocycles. The lowest BCUT2D eigenvalue weighted by molar-refractivity contribution is 0.104. The van der Waals surface area contributed by atoms with Crippen LogP contribution >= 0.6 is 0 Å². The van der Waals surface area contributed by atoms with Crippen molar-refractivity contribution in [3.05, 3.63) is 36.0 Å². The Bertz CT molecular complexity index is 547. The standard InChI is InChI=1S/C18H28N2O/c1-4-11-19-12-7-8-16-14-20(13-15(2)21-3)18-10-6-5-9-17(16)18/h5-6,9-10,14-15,19H,4,7-8,11-13H2,1-3H3. The van der Waals surface area contributed by atoms with Crippen molar-refractivity contribution >= 4 is 10.9 Å². The Labute approximate surface area is 128 Å². The summed E-state index contributed by atoms with van der Waals surface area (Å²) in [5, 5.41) is 4.86. The van der Waals surface area contributed by atoms with Crippen molar-refractivity contribution in [2.24, 2.45) is 0 Å². The van der Waals surface area contributed by atoms with E-state index in [1.807, 2.05) is 0 Å². The summed E-state index contributed by atoms with van der Waals surface area (Å²) in [6.07, 6.45) is 6.06. The van der Waals surface area contributed by atoms with Gasteiger partial charge in [0.25, 0.3) is 0 Å². The number of ether oxygens (including phenoxy) is 1. The van der Waals surface area contributed by atoms with Gasteiger partial charge in [-0.25, -0.2) is 0 Å². The van der Waals surface area contributed by atoms with Crippen molar-refractivity contribution in [3.8, 4) is 0 Å². The molecule has 21 heavy (non-hydrogen) atoms. The van der Waals surface area contributed by atoms with E-state index >= 15 is 0 Å². The molecule has 0 fully saturated rings. The zero-order valence-corrected chi connectivity index (χ0v) is 13.6. The molecular weight excluding hydrogens is 260 g/mol. The van der Waals surface area contributed by atoms with Crippen molar-refractivity contribution < 1.29 is 4.74 Å². The molecule has 0 aliphatic rings. The van der Waals surface area contributed by atoms with Crippen LogP contribution in [-0.4, -0.2) is 30.9 Å². The fraction of sp³-hybridized carbons (Fsp3) is 0.556. The number of benzene rings is 1. The van der Waals surface area contributed by atoms with Gasteiger partial charge in [0.05, 0.1) is 6.10 Å². The largest absolute Gasteiger partial charge is 0.380 e. The third kappa shape index (κ3) is 4.32. The van der Waals surface area contributed by atoms with Crippen molar-refractivity contribution in [3.63, 3.8) is 0 Å². The van der Waals surface area contributed by atoms with Crippen LogP contribution in [0.25, 0.3) is 10.9 Å². The summed E-state index contributed by atoms with van der Waals surface area (Å²) in [5.41, 5.74) is 2.77. The molecule has 0 saturated carbocycles. The van der Waals surface area contributed by atoms with Crippen molar-refractivity contribution in [1.82, 2.24) is 9.88 Å². The Hall–Kier alpha value is -1.32. The molecule has 3 nitrogen and oxygen atoms in total. The maximum Gasteiger partial charge on any atom is 0.0722 e. The first-order valence-electron chi connectivity index (χ1n) is 8.06. The number of nitrogens with zero attached hydrogens (tertiary/aromatic N) is 1. The van der Waals surface area contributed by atoms with Crippen molar-refractivity contribution in [1.29, 1.82) is 0 Å². The van der Waals surface area contributed by atoms with E-state index in [-0.39, 0.29) is 6.10 Å². The monoisotopic (exact) mass is 288 g/mol. The SMILES string of the molecule is CCCNCCCc1cn(CC(C)OC)c2ccccc12. The Kier molecular flexibility index (Phi) is 6.27. The minimum Gasteiger partial charge on any atom is -0.380 e. The summed E-state index contributed by atoms with van der Waals surface area (Å²) >= 11 is 0. The second kappa shape index (κ2) is 8.20. The van der Waals surface area contributed by atoms with Gasteiger partial charge in [-0.05, 0) is 50.9 Å². The maximum absolute atomic E-state index is 5.41. The molecule has 1 unspecified atom stereocenters. The quantitative estimate of drug-likeness (QED) is 0.713. The predicted molar refractivity (Wildman–Crippen MR) is 89.9 cm³/mol. The Morgan fingerprint density at radius 1 is 1.24 bits per heavy atom. The molecule has 1 aromatic carbocycles. The summed E-state index contributed by atoms with van der Waals surface area (Å²) < 4.78 is 7.74. The first-order valence-corrected chi connectivity index (χ1v) is 8.06. The number of fused-ring (bicyclic) bond motifs is 1. The minimum absolute atomic E-state index is 0.236. The van der Waals surface area contributed by atoms with Crippen LogP contribution in [0, 0.1) is 0 Å². The van der Waals surface area contributed by atoms with Crippen LogP contribution in [0.1, 0.15) is 32.3 Å². The summed E-state index contributed by atoms with van der Waals surface area (Å²) in [6.45, 7) is 7.45. The first-order chi connectivity index (χ1) is 10.3. The normalized spacial score (nSPS) is 12.9. The molecule has 116 valence electrons. The molecule has 0 spiro atoms. The van der Waals surface area contributed by atoms with Crippen LogP contribution in [0.4, 0.5) is 0 Å². The van der Waals surface area contributed by atoms with Crippen LogP contribution in [0.3, 0.4) is 0 Å². The summed E-state index contributed by atoms with van der Waals surface area (Å²) in [4.78, 5) is 0. The summed E-state index contributed by atoms with van der Waals surface area (Å²) in [5.74, 6) is 0. The Balaban J connectivity index is 2.08. The molecule has 0 amide bonds. The molecule has 1 heterocycles. The molecule has 0 radical (unpaired) electrons. The fourth-order valence-electron chi connectivity index (χ4n) is 2.73. The molecule has 0 saturated heterocycles. The van der Waals surface area contributed by atoms with E-state index < -0.39 is 0 Å². The number of methoxy groups -OCH3 is 1. The van der Waals surface area contributed by atoms with E-state index in [4.69, 9.17) is 4.74 Å². The molecular formula is C18H28N2O. The molecule has 0 bridgehead atoms. The van der Waals surface area contributed by atoms with E-state index in [9.17, 15) is 0 Å². The Morgan fingerprint density at radius 2 is 2.05 bits per heavy atom. The van der Waals surface area contributed by atoms with Crippen LogP contribution in [0.15, 0.2) is 30.5 Å². The van der Waals surface area contributed by atoms with Gasteiger partial charge in [-0.15, -0.1) is 0 Å². The van der Waals surface area contributed by atoms with Gasteiger partial charge in [0.15, 0.2) is 0 Å². The van der Waals surface area contributed by atoms with Gasteiger partial charge in [0.2, 0.25) is 0 Å². The highest BCUT2D eigenvalue weighted by Crippen LogP contribution is 2.23. The zero-order valence-electron chi connectivity index (χ0n) is 13.6. The lowest BCUT2D eigenvalue weighted by Crippen LogP contribution is -2.16. The van der Waals surface area contributed by atoms with E-state index in [2.05, 4.69) is 54.2 Å². The molecule has 1 atom stereocenters. The number of aromatic nitrogens is 1. The molecule has 2 aromatic rings. The second-order valence-electron chi connectivity index (χ2n) is 5.72. The topological polar surface area (TPSA) is 26.2 Å². The average Bonchev–Trinajstić information content (AvgIpc) is 2.85.